The summed E-state index contributed by atoms with van der Waals surface area (Å²) >= 11 is 3.18. The molecule has 52 valence electrons. The van der Waals surface area contributed by atoms with Crippen molar-refractivity contribution in [2.24, 2.45) is 0 Å². The van der Waals surface area contributed by atoms with Gasteiger partial charge in [-0.2, -0.15) is 0 Å². The monoisotopic (exact) mass is 150 g/mol. The number of rotatable bonds is 0. The highest BCUT2D eigenvalue weighted by Crippen LogP contribution is 2.06. The van der Waals surface area contributed by atoms with Crippen LogP contribution in [0.5, 0.6) is 0 Å². The molecule has 0 aliphatic heterocycles. The Hall–Kier alpha value is 0.135. The smallest absolute Gasteiger partial charge is 0.418 e. The van der Waals surface area contributed by atoms with Crippen LogP contribution in [-0.2, 0) is 12.6 Å². The zero-order chi connectivity index (χ0) is 7.21. The second kappa shape index (κ2) is 5.28. The Morgan fingerprint density at radius 3 is 1.25 bits per heavy atom. The van der Waals surface area contributed by atoms with Crippen molar-refractivity contribution in [1.29, 1.82) is 0 Å². The Morgan fingerprint density at radius 1 is 1.25 bits per heavy atom. The van der Waals surface area contributed by atoms with E-state index in [9.17, 15) is 17.3 Å². The first-order valence-electron chi connectivity index (χ1n) is 1.93. The van der Waals surface area contributed by atoms with Gasteiger partial charge in [-0.15, -0.1) is 0 Å². The molecule has 0 aliphatic rings. The van der Waals surface area contributed by atoms with E-state index in [4.69, 9.17) is 0 Å². The summed E-state index contributed by atoms with van der Waals surface area (Å²) in [6.45, 7) is 2.04. The molecule has 0 fully saturated rings. The molecule has 0 bridgehead atoms. The number of hydrogen-bond acceptors (Lipinski definition) is 0. The fraction of sp³-hybridized carbons (Fsp3) is 1.00. The molecule has 0 spiro atoms. The summed E-state index contributed by atoms with van der Waals surface area (Å²) in [6, 6.07) is 0. The number of hydrogen-bond donors (Lipinski definition) is 0. The van der Waals surface area contributed by atoms with Crippen LogP contribution in [0.2, 0.25) is 0 Å². The molecule has 0 amide bonds. The van der Waals surface area contributed by atoms with E-state index in [-0.39, 0.29) is 0 Å². The second-order valence-corrected chi connectivity index (χ2v) is 1.56. The zero-order valence-corrected chi connectivity index (χ0v) is 5.30. The third-order valence-electron chi connectivity index (χ3n) is 0. The minimum atomic E-state index is -6.00. The maximum Gasteiger partial charge on any atom is 0.673 e. The zero-order valence-electron chi connectivity index (χ0n) is 4.30. The van der Waals surface area contributed by atoms with Crippen LogP contribution < -0.4 is 0 Å². The highest BCUT2D eigenvalue weighted by atomic mass is 32.1. The highest BCUT2D eigenvalue weighted by molar-refractivity contribution is 7.58. The lowest BCUT2D eigenvalue weighted by Gasteiger charge is -1.94. The van der Waals surface area contributed by atoms with Crippen molar-refractivity contribution in [3.05, 3.63) is 0 Å². The van der Waals surface area contributed by atoms with Gasteiger partial charge in [-0.1, -0.05) is 0 Å². The van der Waals surface area contributed by atoms with Crippen molar-refractivity contribution in [3.63, 3.8) is 0 Å². The van der Waals surface area contributed by atoms with Crippen molar-refractivity contribution in [2.75, 3.05) is 5.75 Å². The third-order valence-corrected chi connectivity index (χ3v) is 0. The van der Waals surface area contributed by atoms with E-state index in [1.54, 1.807) is 0 Å². The normalized spacial score (nSPS) is 9.75. The lowest BCUT2D eigenvalue weighted by atomic mass is 10.3. The maximum absolute atomic E-state index is 9.75. The maximum atomic E-state index is 9.75. The first-order chi connectivity index (χ1) is 3.41. The summed E-state index contributed by atoms with van der Waals surface area (Å²) < 4.78 is 39.0. The van der Waals surface area contributed by atoms with Crippen molar-refractivity contribution in [3.8, 4) is 0 Å². The van der Waals surface area contributed by atoms with Crippen LogP contribution in [0.1, 0.15) is 6.92 Å². The predicted octanol–water partition coefficient (Wildman–Crippen LogP) is 1.32. The molecule has 0 rings (SSSR count). The third kappa shape index (κ3) is 8880. The fourth-order valence-corrected chi connectivity index (χ4v) is 0. The summed E-state index contributed by atoms with van der Waals surface area (Å²) in [5.41, 5.74) is 0. The molecule has 0 nitrogen and oxygen atoms in total. The lowest BCUT2D eigenvalue weighted by molar-refractivity contribution is 0.368. The molecule has 0 unspecified atom stereocenters. The van der Waals surface area contributed by atoms with Crippen LogP contribution in [0.4, 0.5) is 17.3 Å². The minimum absolute atomic E-state index is 1.06. The molecule has 0 atom stereocenters. The van der Waals surface area contributed by atoms with E-state index in [0.717, 1.165) is 5.75 Å². The lowest BCUT2D eigenvalue weighted by Crippen LogP contribution is -2.02. The fourth-order valence-electron chi connectivity index (χ4n) is 0. The molecule has 0 aromatic heterocycles. The average molecular weight is 150 g/mol. The van der Waals surface area contributed by atoms with Gasteiger partial charge in [0.05, 0.1) is 0 Å². The Labute approximate surface area is 50.8 Å². The summed E-state index contributed by atoms with van der Waals surface area (Å²) in [5, 5.41) is 0. The van der Waals surface area contributed by atoms with Gasteiger partial charge >= 0.3 is 7.25 Å². The van der Waals surface area contributed by atoms with Crippen LogP contribution in [0.3, 0.4) is 0 Å². The molecule has 0 heterocycles. The molecule has 6 heteroatoms. The molecule has 8 heavy (non-hydrogen) atoms. The second-order valence-electron chi connectivity index (χ2n) is 0.848. The first kappa shape index (κ1) is 11.0. The van der Waals surface area contributed by atoms with E-state index in [1.165, 1.54) is 0 Å². The Morgan fingerprint density at radius 2 is 1.25 bits per heavy atom. The summed E-state index contributed by atoms with van der Waals surface area (Å²) in [6.07, 6.45) is 0. The van der Waals surface area contributed by atoms with Crippen LogP contribution in [0.15, 0.2) is 0 Å². The quantitative estimate of drug-likeness (QED) is 0.277. The topological polar surface area (TPSA) is 0 Å². The van der Waals surface area contributed by atoms with Crippen molar-refractivity contribution < 1.29 is 17.3 Å². The Balaban J connectivity index is 0. The SMILES string of the molecule is CC[SH2+].F[B-](F)(F)F. The molecule has 0 radical (unpaired) electrons. The van der Waals surface area contributed by atoms with Gasteiger partial charge in [0.1, 0.15) is 5.75 Å². The van der Waals surface area contributed by atoms with Gasteiger partial charge < -0.3 is 17.3 Å². The van der Waals surface area contributed by atoms with E-state index in [2.05, 4.69) is 12.6 Å². The highest BCUT2D eigenvalue weighted by Gasteiger charge is 2.20. The van der Waals surface area contributed by atoms with Gasteiger partial charge in [0, 0.05) is 0 Å². The van der Waals surface area contributed by atoms with Crippen molar-refractivity contribution in [2.45, 2.75) is 6.92 Å². The average Bonchev–Trinajstić information content (AvgIpc) is 1.27. The summed E-state index contributed by atoms with van der Waals surface area (Å²) in [7, 11) is -6.00. The summed E-state index contributed by atoms with van der Waals surface area (Å²) in [4.78, 5) is 0. The standard InChI is InChI=1S/C2H6S.BF4/c1-2-3;2-1(3,4)5/h3H,2H2,1H3;/q;-1/p+1. The van der Waals surface area contributed by atoms with E-state index < -0.39 is 7.25 Å². The molecule has 0 saturated carbocycles. The van der Waals surface area contributed by atoms with Crippen LogP contribution in [-0.4, -0.2) is 13.0 Å². The van der Waals surface area contributed by atoms with E-state index in [1.807, 2.05) is 6.92 Å². The number of halogens is 4. The minimum Gasteiger partial charge on any atom is -0.418 e. The van der Waals surface area contributed by atoms with Gasteiger partial charge in [-0.05, 0) is 19.6 Å². The van der Waals surface area contributed by atoms with Gasteiger partial charge in [-0.3, -0.25) is 0 Å². The molecule has 0 aromatic carbocycles. The first-order valence-corrected chi connectivity index (χ1v) is 2.64. The molecule has 0 saturated heterocycles. The molecule has 0 aromatic rings. The molecular weight excluding hydrogens is 143 g/mol. The van der Waals surface area contributed by atoms with Gasteiger partial charge in [0.25, 0.3) is 0 Å². The molecular formula is C2H7BF4S. The van der Waals surface area contributed by atoms with Crippen molar-refractivity contribution >= 4 is 19.9 Å². The predicted molar refractivity (Wildman–Crippen MR) is 30.9 cm³/mol. The van der Waals surface area contributed by atoms with Crippen LogP contribution in [0.25, 0.3) is 0 Å². The van der Waals surface area contributed by atoms with Gasteiger partial charge in [0.15, 0.2) is 0 Å². The van der Waals surface area contributed by atoms with E-state index in [0.29, 0.717) is 0 Å². The molecule has 0 aliphatic carbocycles. The summed E-state index contributed by atoms with van der Waals surface area (Å²) in [5.74, 6) is 1.06. The van der Waals surface area contributed by atoms with Gasteiger partial charge in [-0.25, -0.2) is 0 Å². The Bertz CT molecular complexity index is 37.8. The van der Waals surface area contributed by atoms with Crippen LogP contribution in [0, 0.1) is 0 Å². The Kier molecular flexibility index (Phi) is 7.26. The van der Waals surface area contributed by atoms with E-state index >= 15 is 0 Å². The van der Waals surface area contributed by atoms with Crippen molar-refractivity contribution in [1.82, 2.24) is 0 Å². The van der Waals surface area contributed by atoms with Crippen LogP contribution >= 0.6 is 0 Å². The largest absolute Gasteiger partial charge is 0.673 e. The molecule has 0 N–H and O–H groups in total. The van der Waals surface area contributed by atoms with Gasteiger partial charge in [0.2, 0.25) is 0 Å².